The number of nitrogens with two attached hydrogens (primary N) is 1. The monoisotopic (exact) mass is 330 g/mol. The standard InChI is InChI=1S/C18H22N2O4/c19-17(22)15-6-1-2-9-20(15)16(21)11-24-18(23)14-8-7-12-4-3-5-13(12)10-14/h7-8,10,15H,1-6,9,11H2,(H2,19,22)/t15-/m0/s1. The van der Waals surface area contributed by atoms with Gasteiger partial charge in [0.05, 0.1) is 5.56 Å². The molecule has 6 heteroatoms. The molecule has 2 N–H and O–H groups in total. The van der Waals surface area contributed by atoms with Gasteiger partial charge >= 0.3 is 5.97 Å². The molecule has 1 aromatic rings. The average Bonchev–Trinajstić information content (AvgIpc) is 3.06. The molecule has 1 aliphatic heterocycles. The number of benzene rings is 1. The van der Waals surface area contributed by atoms with Crippen LogP contribution in [0.4, 0.5) is 0 Å². The van der Waals surface area contributed by atoms with Crippen LogP contribution in [0.3, 0.4) is 0 Å². The Morgan fingerprint density at radius 1 is 1.12 bits per heavy atom. The van der Waals surface area contributed by atoms with Gasteiger partial charge in [-0.15, -0.1) is 0 Å². The van der Waals surface area contributed by atoms with Crippen LogP contribution in [-0.2, 0) is 27.2 Å². The number of carbonyl (C=O) groups is 3. The summed E-state index contributed by atoms with van der Waals surface area (Å²) in [4.78, 5) is 37.3. The van der Waals surface area contributed by atoms with Crippen molar-refractivity contribution in [3.05, 3.63) is 34.9 Å². The summed E-state index contributed by atoms with van der Waals surface area (Å²) in [6.07, 6.45) is 5.40. The Morgan fingerprint density at radius 2 is 1.92 bits per heavy atom. The molecule has 1 aliphatic carbocycles. The number of ether oxygens (including phenoxy) is 1. The average molecular weight is 330 g/mol. The highest BCUT2D eigenvalue weighted by molar-refractivity contribution is 5.92. The summed E-state index contributed by atoms with van der Waals surface area (Å²) in [7, 11) is 0. The Bertz CT molecular complexity index is 671. The summed E-state index contributed by atoms with van der Waals surface area (Å²) >= 11 is 0. The molecule has 2 aliphatic rings. The summed E-state index contributed by atoms with van der Waals surface area (Å²) in [5.41, 5.74) is 8.28. The van der Waals surface area contributed by atoms with E-state index < -0.39 is 17.9 Å². The van der Waals surface area contributed by atoms with E-state index >= 15 is 0 Å². The number of nitrogens with zero attached hydrogens (tertiary/aromatic N) is 1. The second-order valence-corrected chi connectivity index (χ2v) is 6.41. The minimum Gasteiger partial charge on any atom is -0.452 e. The number of hydrogen-bond acceptors (Lipinski definition) is 4. The fourth-order valence-electron chi connectivity index (χ4n) is 3.52. The molecule has 1 atom stereocenters. The highest BCUT2D eigenvalue weighted by Gasteiger charge is 2.31. The normalized spacial score (nSPS) is 19.7. The quantitative estimate of drug-likeness (QED) is 0.840. The first-order chi connectivity index (χ1) is 11.6. The van der Waals surface area contributed by atoms with Crippen LogP contribution in [0, 0.1) is 0 Å². The van der Waals surface area contributed by atoms with Crippen LogP contribution in [0.25, 0.3) is 0 Å². The van der Waals surface area contributed by atoms with E-state index in [1.807, 2.05) is 12.1 Å². The summed E-state index contributed by atoms with van der Waals surface area (Å²) in [5.74, 6) is -1.38. The van der Waals surface area contributed by atoms with E-state index in [0.29, 0.717) is 18.5 Å². The second-order valence-electron chi connectivity index (χ2n) is 6.41. The maximum Gasteiger partial charge on any atom is 0.338 e. The van der Waals surface area contributed by atoms with Gasteiger partial charge in [0.2, 0.25) is 5.91 Å². The first-order valence-electron chi connectivity index (χ1n) is 8.44. The van der Waals surface area contributed by atoms with Crippen molar-refractivity contribution in [3.8, 4) is 0 Å². The lowest BCUT2D eigenvalue weighted by Gasteiger charge is -2.33. The number of esters is 1. The minimum absolute atomic E-state index is 0.361. The van der Waals surface area contributed by atoms with E-state index in [-0.39, 0.29) is 12.5 Å². The van der Waals surface area contributed by atoms with Gasteiger partial charge in [0, 0.05) is 6.54 Å². The molecule has 0 spiro atoms. The van der Waals surface area contributed by atoms with Crippen molar-refractivity contribution in [2.24, 2.45) is 5.73 Å². The van der Waals surface area contributed by atoms with E-state index in [1.54, 1.807) is 6.07 Å². The van der Waals surface area contributed by atoms with Crippen molar-refractivity contribution >= 4 is 17.8 Å². The van der Waals surface area contributed by atoms with E-state index in [1.165, 1.54) is 16.0 Å². The predicted molar refractivity (Wildman–Crippen MR) is 87.3 cm³/mol. The summed E-state index contributed by atoms with van der Waals surface area (Å²) in [5, 5.41) is 0. The third-order valence-electron chi connectivity index (χ3n) is 4.81. The maximum absolute atomic E-state index is 12.3. The zero-order valence-electron chi connectivity index (χ0n) is 13.6. The SMILES string of the molecule is NC(=O)[C@@H]1CCCCN1C(=O)COC(=O)c1ccc2c(c1)CCC2. The van der Waals surface area contributed by atoms with E-state index in [4.69, 9.17) is 10.5 Å². The highest BCUT2D eigenvalue weighted by Crippen LogP contribution is 2.23. The largest absolute Gasteiger partial charge is 0.452 e. The number of aryl methyl sites for hydroxylation is 2. The molecule has 0 aromatic heterocycles. The first-order valence-corrected chi connectivity index (χ1v) is 8.44. The molecule has 0 saturated carbocycles. The lowest BCUT2D eigenvalue weighted by Crippen LogP contribution is -2.51. The Kier molecular flexibility index (Phi) is 4.83. The molecule has 1 saturated heterocycles. The van der Waals surface area contributed by atoms with Crippen LogP contribution in [0.5, 0.6) is 0 Å². The molecule has 1 fully saturated rings. The Balaban J connectivity index is 1.59. The fourth-order valence-corrected chi connectivity index (χ4v) is 3.52. The maximum atomic E-state index is 12.3. The Labute approximate surface area is 140 Å². The molecule has 3 rings (SSSR count). The van der Waals surface area contributed by atoms with Gasteiger partial charge < -0.3 is 15.4 Å². The van der Waals surface area contributed by atoms with Crippen molar-refractivity contribution in [2.45, 2.75) is 44.6 Å². The van der Waals surface area contributed by atoms with Gasteiger partial charge in [0.15, 0.2) is 6.61 Å². The number of amides is 2. The van der Waals surface area contributed by atoms with Crippen LogP contribution in [0.1, 0.15) is 47.2 Å². The third-order valence-corrected chi connectivity index (χ3v) is 4.81. The number of rotatable bonds is 4. The van der Waals surface area contributed by atoms with Gasteiger partial charge in [0.25, 0.3) is 5.91 Å². The topological polar surface area (TPSA) is 89.7 Å². The number of piperidine rings is 1. The molecule has 6 nitrogen and oxygen atoms in total. The van der Waals surface area contributed by atoms with Gasteiger partial charge in [-0.2, -0.15) is 0 Å². The van der Waals surface area contributed by atoms with E-state index in [9.17, 15) is 14.4 Å². The smallest absolute Gasteiger partial charge is 0.338 e. The van der Waals surface area contributed by atoms with Crippen molar-refractivity contribution in [2.75, 3.05) is 13.2 Å². The van der Waals surface area contributed by atoms with Crippen LogP contribution in [-0.4, -0.2) is 41.9 Å². The molecule has 1 heterocycles. The predicted octanol–water partition coefficient (Wildman–Crippen LogP) is 1.20. The minimum atomic E-state index is -0.593. The molecule has 2 amide bonds. The number of likely N-dealkylation sites (tertiary alicyclic amines) is 1. The van der Waals surface area contributed by atoms with Crippen LogP contribution in [0.15, 0.2) is 18.2 Å². The highest BCUT2D eigenvalue weighted by atomic mass is 16.5. The third kappa shape index (κ3) is 3.42. The zero-order chi connectivity index (χ0) is 17.1. The molecular weight excluding hydrogens is 308 g/mol. The molecule has 1 aromatic carbocycles. The summed E-state index contributed by atoms with van der Waals surface area (Å²) in [6.45, 7) is 0.114. The van der Waals surface area contributed by atoms with Gasteiger partial charge in [-0.3, -0.25) is 9.59 Å². The van der Waals surface area contributed by atoms with Crippen molar-refractivity contribution in [1.29, 1.82) is 0 Å². The van der Waals surface area contributed by atoms with Crippen molar-refractivity contribution in [1.82, 2.24) is 4.90 Å². The van der Waals surface area contributed by atoms with Crippen molar-refractivity contribution in [3.63, 3.8) is 0 Å². The molecule has 0 radical (unpaired) electrons. The first kappa shape index (κ1) is 16.5. The van der Waals surface area contributed by atoms with Crippen LogP contribution in [0.2, 0.25) is 0 Å². The lowest BCUT2D eigenvalue weighted by molar-refractivity contribution is -0.143. The van der Waals surface area contributed by atoms with E-state index in [0.717, 1.165) is 32.1 Å². The summed E-state index contributed by atoms with van der Waals surface area (Å²) in [6, 6.07) is 4.95. The second kappa shape index (κ2) is 7.03. The van der Waals surface area contributed by atoms with Gasteiger partial charge in [0.1, 0.15) is 6.04 Å². The molecular formula is C18H22N2O4. The molecule has 0 bridgehead atoms. The number of hydrogen-bond donors (Lipinski definition) is 1. The lowest BCUT2D eigenvalue weighted by atomic mass is 10.0. The summed E-state index contributed by atoms with van der Waals surface area (Å²) < 4.78 is 5.15. The van der Waals surface area contributed by atoms with Crippen LogP contribution < -0.4 is 5.73 Å². The van der Waals surface area contributed by atoms with Crippen molar-refractivity contribution < 1.29 is 19.1 Å². The number of primary amides is 1. The molecule has 24 heavy (non-hydrogen) atoms. The molecule has 0 unspecified atom stereocenters. The number of carbonyl (C=O) groups excluding carboxylic acids is 3. The van der Waals surface area contributed by atoms with Gasteiger partial charge in [-0.1, -0.05) is 6.07 Å². The zero-order valence-corrected chi connectivity index (χ0v) is 13.6. The fraction of sp³-hybridized carbons (Fsp3) is 0.500. The van der Waals surface area contributed by atoms with E-state index in [2.05, 4.69) is 0 Å². The van der Waals surface area contributed by atoms with Gasteiger partial charge in [-0.05, 0) is 61.8 Å². The Morgan fingerprint density at radius 3 is 2.71 bits per heavy atom. The van der Waals surface area contributed by atoms with Gasteiger partial charge in [-0.25, -0.2) is 4.79 Å². The number of fused-ring (bicyclic) bond motifs is 1. The Hall–Kier alpha value is -2.37. The van der Waals surface area contributed by atoms with Crippen LogP contribution >= 0.6 is 0 Å². The molecule has 128 valence electrons.